The van der Waals surface area contributed by atoms with Crippen LogP contribution in [-0.2, 0) is 14.3 Å². The van der Waals surface area contributed by atoms with Gasteiger partial charge in [0.2, 0.25) is 5.91 Å². The van der Waals surface area contributed by atoms with Crippen molar-refractivity contribution >= 4 is 11.9 Å². The summed E-state index contributed by atoms with van der Waals surface area (Å²) < 4.78 is 4.44. The number of nitrogens with two attached hydrogens (primary N) is 1. The van der Waals surface area contributed by atoms with Gasteiger partial charge in [-0.1, -0.05) is 6.08 Å². The summed E-state index contributed by atoms with van der Waals surface area (Å²) >= 11 is 0. The quantitative estimate of drug-likeness (QED) is 0.466. The van der Waals surface area contributed by atoms with Gasteiger partial charge in [0.15, 0.2) is 0 Å². The molecule has 0 rings (SSSR count). The molecular formula is C9H16N2O3. The largest absolute Gasteiger partial charge is 0.467 e. The summed E-state index contributed by atoms with van der Waals surface area (Å²) in [5, 5.41) is 2.43. The van der Waals surface area contributed by atoms with Gasteiger partial charge in [0.25, 0.3) is 0 Å². The van der Waals surface area contributed by atoms with Gasteiger partial charge in [-0.3, -0.25) is 4.79 Å². The smallest absolute Gasteiger partial charge is 0.328 e. The van der Waals surface area contributed by atoms with Gasteiger partial charge >= 0.3 is 5.97 Å². The second-order valence-corrected chi connectivity index (χ2v) is 2.88. The van der Waals surface area contributed by atoms with Crippen molar-refractivity contribution in [3.05, 3.63) is 12.7 Å². The molecule has 0 bridgehead atoms. The maximum absolute atomic E-state index is 11.3. The highest BCUT2D eigenvalue weighted by atomic mass is 16.5. The Morgan fingerprint density at radius 1 is 1.64 bits per heavy atom. The molecule has 0 aliphatic carbocycles. The number of ether oxygens (including phenoxy) is 1. The zero-order chi connectivity index (χ0) is 11.1. The maximum atomic E-state index is 11.3. The first-order valence-electron chi connectivity index (χ1n) is 4.27. The molecule has 14 heavy (non-hydrogen) atoms. The fourth-order valence-corrected chi connectivity index (χ4v) is 0.843. The summed E-state index contributed by atoms with van der Waals surface area (Å²) in [6.45, 7) is 4.99. The van der Waals surface area contributed by atoms with Crippen LogP contribution < -0.4 is 11.1 Å². The second kappa shape index (κ2) is 6.15. The van der Waals surface area contributed by atoms with E-state index in [1.807, 2.05) is 0 Å². The Labute approximate surface area is 83.3 Å². The van der Waals surface area contributed by atoms with Crippen LogP contribution in [0.25, 0.3) is 0 Å². The van der Waals surface area contributed by atoms with Crippen LogP contribution in [0.4, 0.5) is 0 Å². The third-order valence-electron chi connectivity index (χ3n) is 1.67. The minimum absolute atomic E-state index is 0.375. The summed E-state index contributed by atoms with van der Waals surface area (Å²) in [5.74, 6) is -0.882. The average molecular weight is 200 g/mol. The summed E-state index contributed by atoms with van der Waals surface area (Å²) in [7, 11) is 1.26. The van der Waals surface area contributed by atoms with Crippen molar-refractivity contribution in [3.63, 3.8) is 0 Å². The molecule has 0 spiro atoms. The monoisotopic (exact) mass is 200 g/mol. The van der Waals surface area contributed by atoms with Crippen molar-refractivity contribution in [2.24, 2.45) is 5.73 Å². The normalized spacial score (nSPS) is 13.9. The van der Waals surface area contributed by atoms with Crippen LogP contribution in [0.2, 0.25) is 0 Å². The molecule has 3 N–H and O–H groups in total. The van der Waals surface area contributed by atoms with Crippen molar-refractivity contribution in [1.29, 1.82) is 0 Å². The maximum Gasteiger partial charge on any atom is 0.328 e. The Morgan fingerprint density at radius 2 is 2.21 bits per heavy atom. The first-order valence-corrected chi connectivity index (χ1v) is 4.27. The standard InChI is InChI=1S/C9H16N2O3/c1-4-5-7(10)8(12)11-6(2)9(13)14-3/h4,6-7H,1,5,10H2,2-3H3,(H,11,12)/t6-,7?/m0/s1. The molecule has 0 heterocycles. The Kier molecular flexibility index (Phi) is 5.55. The molecule has 0 aliphatic heterocycles. The molecule has 1 amide bonds. The van der Waals surface area contributed by atoms with E-state index in [1.165, 1.54) is 14.0 Å². The van der Waals surface area contributed by atoms with E-state index in [2.05, 4.69) is 16.6 Å². The van der Waals surface area contributed by atoms with E-state index >= 15 is 0 Å². The number of hydrogen-bond donors (Lipinski definition) is 2. The summed E-state index contributed by atoms with van der Waals surface area (Å²) in [6.07, 6.45) is 1.92. The van der Waals surface area contributed by atoms with Gasteiger partial charge in [0, 0.05) is 0 Å². The van der Waals surface area contributed by atoms with Gasteiger partial charge in [0.1, 0.15) is 6.04 Å². The lowest BCUT2D eigenvalue weighted by Gasteiger charge is -2.14. The van der Waals surface area contributed by atoms with Crippen LogP contribution in [-0.4, -0.2) is 31.1 Å². The minimum atomic E-state index is -0.677. The first-order chi connectivity index (χ1) is 6.52. The molecule has 0 aromatic rings. The zero-order valence-electron chi connectivity index (χ0n) is 8.45. The fraction of sp³-hybridized carbons (Fsp3) is 0.556. The minimum Gasteiger partial charge on any atom is -0.467 e. The van der Waals surface area contributed by atoms with E-state index in [0.717, 1.165) is 0 Å². The van der Waals surface area contributed by atoms with Gasteiger partial charge in [-0.2, -0.15) is 0 Å². The number of nitrogens with one attached hydrogen (secondary N) is 1. The molecule has 0 radical (unpaired) electrons. The summed E-state index contributed by atoms with van der Waals surface area (Å²) in [5.41, 5.74) is 5.48. The summed E-state index contributed by atoms with van der Waals surface area (Å²) in [4.78, 5) is 22.2. The number of hydrogen-bond acceptors (Lipinski definition) is 4. The Balaban J connectivity index is 4.04. The highest BCUT2D eigenvalue weighted by Crippen LogP contribution is 1.92. The lowest BCUT2D eigenvalue weighted by molar-refractivity contribution is -0.144. The van der Waals surface area contributed by atoms with Gasteiger partial charge in [-0.05, 0) is 13.3 Å². The van der Waals surface area contributed by atoms with Crippen molar-refractivity contribution in [2.75, 3.05) is 7.11 Å². The molecule has 1 unspecified atom stereocenters. The Morgan fingerprint density at radius 3 is 2.64 bits per heavy atom. The van der Waals surface area contributed by atoms with Crippen LogP contribution in [0.1, 0.15) is 13.3 Å². The van der Waals surface area contributed by atoms with Crippen LogP contribution in [0.15, 0.2) is 12.7 Å². The predicted octanol–water partition coefficient (Wildman–Crippen LogP) is -0.432. The molecule has 0 saturated heterocycles. The summed E-state index contributed by atoms with van der Waals surface area (Å²) in [6, 6.07) is -1.34. The number of esters is 1. The third-order valence-corrected chi connectivity index (χ3v) is 1.67. The van der Waals surface area contributed by atoms with E-state index < -0.39 is 18.1 Å². The van der Waals surface area contributed by atoms with E-state index in [-0.39, 0.29) is 5.91 Å². The van der Waals surface area contributed by atoms with Gasteiger partial charge in [-0.25, -0.2) is 4.79 Å². The lowest BCUT2D eigenvalue weighted by Crippen LogP contribution is -2.47. The van der Waals surface area contributed by atoms with Crippen LogP contribution in [0, 0.1) is 0 Å². The SMILES string of the molecule is C=CCC(N)C(=O)N[C@@H](C)C(=O)OC. The number of amides is 1. The predicted molar refractivity (Wildman–Crippen MR) is 52.4 cm³/mol. The topological polar surface area (TPSA) is 81.4 Å². The molecule has 2 atom stereocenters. The molecule has 0 aromatic carbocycles. The molecule has 5 heteroatoms. The molecule has 5 nitrogen and oxygen atoms in total. The first kappa shape index (κ1) is 12.6. The fourth-order valence-electron chi connectivity index (χ4n) is 0.843. The molecule has 0 aromatic heterocycles. The average Bonchev–Trinajstić information content (AvgIpc) is 2.16. The second-order valence-electron chi connectivity index (χ2n) is 2.88. The molecule has 0 aliphatic rings. The number of carbonyl (C=O) groups is 2. The zero-order valence-corrected chi connectivity index (χ0v) is 8.45. The van der Waals surface area contributed by atoms with E-state index in [4.69, 9.17) is 5.73 Å². The van der Waals surface area contributed by atoms with Crippen molar-refractivity contribution in [1.82, 2.24) is 5.32 Å². The highest BCUT2D eigenvalue weighted by Gasteiger charge is 2.19. The number of rotatable bonds is 5. The lowest BCUT2D eigenvalue weighted by atomic mass is 10.2. The van der Waals surface area contributed by atoms with Gasteiger partial charge < -0.3 is 15.8 Å². The van der Waals surface area contributed by atoms with E-state index in [9.17, 15) is 9.59 Å². The Bertz CT molecular complexity index is 228. The Hall–Kier alpha value is -1.36. The van der Waals surface area contributed by atoms with Crippen molar-refractivity contribution < 1.29 is 14.3 Å². The van der Waals surface area contributed by atoms with E-state index in [0.29, 0.717) is 6.42 Å². The molecule has 0 fully saturated rings. The molecular weight excluding hydrogens is 184 g/mol. The molecule has 0 saturated carbocycles. The van der Waals surface area contributed by atoms with Crippen LogP contribution in [0.3, 0.4) is 0 Å². The van der Waals surface area contributed by atoms with Gasteiger partial charge in [0.05, 0.1) is 13.2 Å². The van der Waals surface area contributed by atoms with Crippen molar-refractivity contribution in [2.45, 2.75) is 25.4 Å². The third kappa shape index (κ3) is 4.04. The highest BCUT2D eigenvalue weighted by molar-refractivity contribution is 5.87. The number of carbonyl (C=O) groups excluding carboxylic acids is 2. The van der Waals surface area contributed by atoms with Gasteiger partial charge in [-0.15, -0.1) is 6.58 Å². The van der Waals surface area contributed by atoms with Crippen molar-refractivity contribution in [3.8, 4) is 0 Å². The van der Waals surface area contributed by atoms with Crippen LogP contribution in [0.5, 0.6) is 0 Å². The number of methoxy groups -OCH3 is 1. The van der Waals surface area contributed by atoms with Crippen LogP contribution >= 0.6 is 0 Å². The van der Waals surface area contributed by atoms with E-state index in [1.54, 1.807) is 6.08 Å². The molecule has 80 valence electrons.